The molecule has 0 saturated heterocycles. The average molecular weight is 955 g/mol. The minimum atomic E-state index is 1.08. The molecule has 0 spiro atoms. The Hall–Kier alpha value is -7.76. The van der Waals surface area contributed by atoms with Gasteiger partial charge in [0.1, 0.15) is 7.85 Å². The monoisotopic (exact) mass is 955 g/mol. The third-order valence-electron chi connectivity index (χ3n) is 14.0. The van der Waals surface area contributed by atoms with Crippen molar-refractivity contribution < 1.29 is 0 Å². The van der Waals surface area contributed by atoms with Gasteiger partial charge < -0.3 is 19.6 Å². The van der Waals surface area contributed by atoms with Crippen LogP contribution in [0, 0.1) is 13.8 Å². The van der Waals surface area contributed by atoms with Crippen LogP contribution in [0.2, 0.25) is 0 Å². The minimum absolute atomic E-state index is 1.08. The van der Waals surface area contributed by atoms with Crippen molar-refractivity contribution in [2.24, 2.45) is 0 Å². The van der Waals surface area contributed by atoms with Crippen LogP contribution in [0.3, 0.4) is 0 Å². The SMILES string of the molecule is Bc1ccc(N(c2ccc(CCCC)cc2)c2ccc(N(c3ccc(C)cc3)c3ccc(N(c4ccc(C)cc4)c4ccc(N(c5ccc(CCCC)cc5)c5ccc(CCCC)cc5)cc4)cc3)cc2)cc1. The Kier molecular flexibility index (Phi) is 16.6. The third-order valence-corrected chi connectivity index (χ3v) is 14.0. The van der Waals surface area contributed by atoms with E-state index in [-0.39, 0.29) is 0 Å². The third kappa shape index (κ3) is 12.3. The Balaban J connectivity index is 1.05. The fourth-order valence-corrected chi connectivity index (χ4v) is 9.70. The summed E-state index contributed by atoms with van der Waals surface area (Å²) in [5, 5.41) is 0. The highest BCUT2D eigenvalue weighted by Crippen LogP contribution is 2.43. The predicted octanol–water partition coefficient (Wildman–Crippen LogP) is 18.5. The molecule has 0 N–H and O–H groups in total. The van der Waals surface area contributed by atoms with E-state index < -0.39 is 0 Å². The van der Waals surface area contributed by atoms with E-state index in [1.54, 1.807) is 0 Å². The number of hydrogen-bond acceptors (Lipinski definition) is 4. The number of anilines is 12. The summed E-state index contributed by atoms with van der Waals surface area (Å²) >= 11 is 0. The van der Waals surface area contributed by atoms with E-state index in [1.807, 2.05) is 0 Å². The number of benzene rings is 9. The molecule has 0 saturated carbocycles. The Labute approximate surface area is 437 Å². The largest absolute Gasteiger partial charge is 0.311 e. The first-order valence-electron chi connectivity index (χ1n) is 26.8. The number of nitrogens with zero attached hydrogens (tertiary/aromatic N) is 4. The van der Waals surface area contributed by atoms with Crippen molar-refractivity contribution in [1.82, 2.24) is 0 Å². The minimum Gasteiger partial charge on any atom is -0.311 e. The van der Waals surface area contributed by atoms with E-state index >= 15 is 0 Å². The van der Waals surface area contributed by atoms with Crippen molar-refractivity contribution in [2.75, 3.05) is 19.6 Å². The summed E-state index contributed by atoms with van der Waals surface area (Å²) in [5.41, 5.74) is 21.2. The van der Waals surface area contributed by atoms with Crippen LogP contribution in [0.15, 0.2) is 218 Å². The molecule has 0 radical (unpaired) electrons. The maximum atomic E-state index is 2.39. The highest BCUT2D eigenvalue weighted by Gasteiger charge is 2.20. The number of rotatable bonds is 21. The van der Waals surface area contributed by atoms with Crippen molar-refractivity contribution in [3.8, 4) is 0 Å². The normalized spacial score (nSPS) is 11.1. The molecular formula is C68H71BN4. The summed E-state index contributed by atoms with van der Waals surface area (Å²) in [6.45, 7) is 11.1. The lowest BCUT2D eigenvalue weighted by molar-refractivity contribution is 0.795. The fourth-order valence-electron chi connectivity index (χ4n) is 9.70. The van der Waals surface area contributed by atoms with Gasteiger partial charge in [-0.15, -0.1) is 0 Å². The van der Waals surface area contributed by atoms with Crippen molar-refractivity contribution in [3.05, 3.63) is 246 Å². The van der Waals surface area contributed by atoms with Gasteiger partial charge in [0.2, 0.25) is 0 Å². The van der Waals surface area contributed by atoms with Gasteiger partial charge >= 0.3 is 0 Å². The summed E-state index contributed by atoms with van der Waals surface area (Å²) in [7, 11) is 2.15. The van der Waals surface area contributed by atoms with Crippen LogP contribution in [0.25, 0.3) is 0 Å². The number of unbranched alkanes of at least 4 members (excludes halogenated alkanes) is 3. The Morgan fingerprint density at radius 1 is 0.247 bits per heavy atom. The van der Waals surface area contributed by atoms with E-state index in [9.17, 15) is 0 Å². The predicted molar refractivity (Wildman–Crippen MR) is 319 cm³/mol. The summed E-state index contributed by atoms with van der Waals surface area (Å²) < 4.78 is 0. The molecular weight excluding hydrogens is 884 g/mol. The molecule has 9 aromatic rings. The van der Waals surface area contributed by atoms with E-state index in [0.717, 1.165) is 87.5 Å². The van der Waals surface area contributed by atoms with Crippen LogP contribution in [-0.4, -0.2) is 7.85 Å². The molecule has 4 nitrogen and oxygen atoms in total. The maximum Gasteiger partial charge on any atom is 0.139 e. The first-order chi connectivity index (χ1) is 35.8. The highest BCUT2D eigenvalue weighted by atomic mass is 15.2. The van der Waals surface area contributed by atoms with E-state index in [2.05, 4.69) is 280 Å². The molecule has 0 aliphatic heterocycles. The topological polar surface area (TPSA) is 13.0 Å². The van der Waals surface area contributed by atoms with Crippen LogP contribution in [0.4, 0.5) is 68.2 Å². The number of hydrogen-bond donors (Lipinski definition) is 0. The molecule has 0 unspecified atom stereocenters. The zero-order valence-corrected chi connectivity index (χ0v) is 43.9. The Morgan fingerprint density at radius 2 is 0.411 bits per heavy atom. The van der Waals surface area contributed by atoms with Crippen LogP contribution >= 0.6 is 0 Å². The van der Waals surface area contributed by atoms with Gasteiger partial charge in [-0.25, -0.2) is 0 Å². The fraction of sp³-hybridized carbons (Fsp3) is 0.206. The molecule has 0 fully saturated rings. The van der Waals surface area contributed by atoms with Gasteiger partial charge in [-0.1, -0.05) is 129 Å². The molecule has 73 heavy (non-hydrogen) atoms. The van der Waals surface area contributed by atoms with Crippen molar-refractivity contribution in [1.29, 1.82) is 0 Å². The lowest BCUT2D eigenvalue weighted by Gasteiger charge is -2.30. The molecule has 0 aliphatic rings. The molecule has 9 rings (SSSR count). The molecule has 0 atom stereocenters. The molecule has 366 valence electrons. The van der Waals surface area contributed by atoms with Crippen LogP contribution in [-0.2, 0) is 19.3 Å². The molecule has 9 aromatic carbocycles. The van der Waals surface area contributed by atoms with Crippen molar-refractivity contribution in [2.45, 2.75) is 92.4 Å². The van der Waals surface area contributed by atoms with Gasteiger partial charge in [0.15, 0.2) is 0 Å². The molecule has 0 heterocycles. The zero-order chi connectivity index (χ0) is 50.5. The van der Waals surface area contributed by atoms with Crippen LogP contribution in [0.5, 0.6) is 0 Å². The highest BCUT2D eigenvalue weighted by molar-refractivity contribution is 6.32. The lowest BCUT2D eigenvalue weighted by atomic mass is 9.96. The van der Waals surface area contributed by atoms with Gasteiger partial charge in [0, 0.05) is 68.2 Å². The molecule has 0 amide bonds. The van der Waals surface area contributed by atoms with Crippen molar-refractivity contribution >= 4 is 81.6 Å². The van der Waals surface area contributed by atoms with Gasteiger partial charge in [-0.3, -0.25) is 0 Å². The number of aryl methyl sites for hydroxylation is 5. The van der Waals surface area contributed by atoms with Gasteiger partial charge in [0.05, 0.1) is 0 Å². The van der Waals surface area contributed by atoms with Crippen molar-refractivity contribution in [3.63, 3.8) is 0 Å². The first kappa shape index (κ1) is 50.2. The Bertz CT molecular complexity index is 3040. The standard InChI is InChI=1S/C68H71BN4/c1-6-9-12-53-19-31-59(32-20-53)72(60-33-21-54(22-34-60)13-10-7-2)67-47-43-65(44-48-67)70(57-27-15-51(4)16-28-57)63-39-41-64(42-40-63)71(58-29-17-52(5)18-30-58)66-45-49-68(50-46-66)73(62-37-25-56(69)26-38-62)61-35-23-55(24-36-61)14-11-8-3/h15-50H,6-14,69H2,1-5H3. The van der Waals surface area contributed by atoms with Crippen LogP contribution in [0.1, 0.15) is 87.1 Å². The maximum absolute atomic E-state index is 2.39. The second-order valence-electron chi connectivity index (χ2n) is 19.7. The van der Waals surface area contributed by atoms with Gasteiger partial charge in [-0.2, -0.15) is 0 Å². The lowest BCUT2D eigenvalue weighted by Crippen LogP contribution is -2.14. The zero-order valence-electron chi connectivity index (χ0n) is 43.9. The Morgan fingerprint density at radius 3 is 0.603 bits per heavy atom. The second-order valence-corrected chi connectivity index (χ2v) is 19.7. The molecule has 5 heteroatoms. The molecule has 0 aliphatic carbocycles. The van der Waals surface area contributed by atoms with Crippen LogP contribution < -0.4 is 25.1 Å². The molecule has 0 aromatic heterocycles. The van der Waals surface area contributed by atoms with E-state index in [4.69, 9.17) is 0 Å². The average Bonchev–Trinajstić information content (AvgIpc) is 3.43. The summed E-state index contributed by atoms with van der Waals surface area (Å²) in [5.74, 6) is 0. The van der Waals surface area contributed by atoms with Gasteiger partial charge in [-0.05, 0) is 215 Å². The van der Waals surface area contributed by atoms with Gasteiger partial charge in [0.25, 0.3) is 0 Å². The quantitative estimate of drug-likeness (QED) is 0.0665. The summed E-state index contributed by atoms with van der Waals surface area (Å²) in [4.78, 5) is 9.47. The first-order valence-corrected chi connectivity index (χ1v) is 26.8. The summed E-state index contributed by atoms with van der Waals surface area (Å²) in [6.07, 6.45) is 10.5. The molecule has 0 bridgehead atoms. The second kappa shape index (κ2) is 24.1. The van der Waals surface area contributed by atoms with E-state index in [0.29, 0.717) is 0 Å². The smallest absolute Gasteiger partial charge is 0.139 e. The van der Waals surface area contributed by atoms with E-state index in [1.165, 1.54) is 71.8 Å². The summed E-state index contributed by atoms with van der Waals surface area (Å²) in [6, 6.07) is 81.1.